The summed E-state index contributed by atoms with van der Waals surface area (Å²) in [5, 5.41) is 3.33. The third-order valence-electron chi connectivity index (χ3n) is 3.86. The summed E-state index contributed by atoms with van der Waals surface area (Å²) in [5.74, 6) is 0. The molecule has 1 aromatic rings. The van der Waals surface area contributed by atoms with E-state index in [1.807, 2.05) is 0 Å². The van der Waals surface area contributed by atoms with Crippen molar-refractivity contribution in [1.29, 1.82) is 0 Å². The van der Waals surface area contributed by atoms with Crippen LogP contribution in [0.15, 0.2) is 35.6 Å². The molecule has 0 aliphatic carbocycles. The second kappa shape index (κ2) is 5.04. The maximum absolute atomic E-state index is 3.65. The molecule has 19 heavy (non-hydrogen) atoms. The van der Waals surface area contributed by atoms with E-state index >= 15 is 0 Å². The van der Waals surface area contributed by atoms with Gasteiger partial charge in [-0.1, -0.05) is 51.1 Å². The molecule has 2 aliphatic rings. The van der Waals surface area contributed by atoms with Crippen molar-refractivity contribution in [2.24, 2.45) is 5.41 Å². The van der Waals surface area contributed by atoms with E-state index in [0.717, 1.165) is 0 Å². The van der Waals surface area contributed by atoms with Crippen molar-refractivity contribution in [1.82, 2.24) is 0 Å². The third-order valence-corrected chi connectivity index (χ3v) is 6.70. The fourth-order valence-electron chi connectivity index (χ4n) is 2.92. The predicted molar refractivity (Wildman–Crippen MR) is 84.4 cm³/mol. The van der Waals surface area contributed by atoms with E-state index in [-0.39, 0.29) is 8.15 Å². The maximum Gasteiger partial charge on any atom is 0.268 e. The molecule has 0 N–H and O–H groups in total. The monoisotopic (exact) mass is 275 g/mol. The minimum absolute atomic E-state index is 0.177. The van der Waals surface area contributed by atoms with Gasteiger partial charge in [-0.15, -0.1) is 0 Å². The van der Waals surface area contributed by atoms with Gasteiger partial charge in [0.1, 0.15) is 13.2 Å². The van der Waals surface area contributed by atoms with Gasteiger partial charge < -0.3 is 4.15 Å². The van der Waals surface area contributed by atoms with Crippen LogP contribution in [0.2, 0.25) is 0 Å². The Labute approximate surface area is 118 Å². The van der Waals surface area contributed by atoms with E-state index in [1.54, 1.807) is 10.6 Å². The van der Waals surface area contributed by atoms with E-state index < -0.39 is 0 Å². The van der Waals surface area contributed by atoms with Crippen LogP contribution in [0.4, 0.5) is 0 Å². The standard InChI is InChI=1S/C17H24OP/c1-17(2,3)16-15(14-10-6-4-7-11-14)19(16)18-12-8-5-9-13-18/h4,6-7,10-11H,5,8-9,12-13H2,1-3H3/q+1. The lowest BCUT2D eigenvalue weighted by Crippen LogP contribution is -2.15. The average molecular weight is 275 g/mol. The van der Waals surface area contributed by atoms with Gasteiger partial charge in [0.05, 0.1) is 10.6 Å². The van der Waals surface area contributed by atoms with Crippen LogP contribution in [0.5, 0.6) is 0 Å². The van der Waals surface area contributed by atoms with E-state index in [0.29, 0.717) is 5.41 Å². The van der Waals surface area contributed by atoms with Crippen molar-refractivity contribution in [3.05, 3.63) is 41.2 Å². The zero-order valence-corrected chi connectivity index (χ0v) is 13.2. The van der Waals surface area contributed by atoms with Crippen LogP contribution in [-0.2, 0) is 4.15 Å². The first-order valence-corrected chi connectivity index (χ1v) is 8.63. The summed E-state index contributed by atoms with van der Waals surface area (Å²) in [5.41, 5.74) is 1.75. The van der Waals surface area contributed by atoms with Gasteiger partial charge in [-0.05, 0) is 17.4 Å². The molecule has 1 unspecified atom stereocenters. The molecule has 0 radical (unpaired) electrons. The molecule has 1 saturated heterocycles. The van der Waals surface area contributed by atoms with E-state index in [1.165, 1.54) is 38.0 Å². The van der Waals surface area contributed by atoms with Gasteiger partial charge in [-0.3, -0.25) is 0 Å². The lowest BCUT2D eigenvalue weighted by molar-refractivity contribution is 0.00423. The second-order valence-corrected chi connectivity index (χ2v) is 8.54. The topological polar surface area (TPSA) is 2.70 Å². The Bertz CT molecular complexity index is 478. The molecule has 102 valence electrons. The Morgan fingerprint density at radius 1 is 0.947 bits per heavy atom. The summed E-state index contributed by atoms with van der Waals surface area (Å²) in [7, 11) is -0.177. The van der Waals surface area contributed by atoms with Crippen LogP contribution in [0.1, 0.15) is 45.6 Å². The van der Waals surface area contributed by atoms with Gasteiger partial charge >= 0.3 is 0 Å². The number of rotatable bonds is 2. The Morgan fingerprint density at radius 3 is 2.16 bits per heavy atom. The zero-order valence-electron chi connectivity index (χ0n) is 12.3. The van der Waals surface area contributed by atoms with E-state index in [4.69, 9.17) is 0 Å². The maximum atomic E-state index is 3.65. The van der Waals surface area contributed by atoms with Crippen LogP contribution in [0.3, 0.4) is 0 Å². The van der Waals surface area contributed by atoms with Gasteiger partial charge in [-0.2, -0.15) is 0 Å². The smallest absolute Gasteiger partial charge is 0.268 e. The number of allylic oxidation sites excluding steroid dienone is 1. The molecular formula is C17H24OP+. The molecule has 2 heteroatoms. The van der Waals surface area contributed by atoms with Gasteiger partial charge in [0, 0.05) is 12.8 Å². The van der Waals surface area contributed by atoms with Crippen LogP contribution < -0.4 is 0 Å². The summed E-state index contributed by atoms with van der Waals surface area (Å²) < 4.78 is 3.65. The van der Waals surface area contributed by atoms with Gasteiger partial charge in [0.15, 0.2) is 0 Å². The molecule has 2 aliphatic heterocycles. The van der Waals surface area contributed by atoms with Gasteiger partial charge in [-0.25, -0.2) is 0 Å². The van der Waals surface area contributed by atoms with Crippen molar-refractivity contribution >= 4 is 13.5 Å². The molecule has 0 saturated carbocycles. The molecule has 3 rings (SSSR count). The summed E-state index contributed by atoms with van der Waals surface area (Å²) >= 11 is 0. The highest BCUT2D eigenvalue weighted by molar-refractivity contribution is 7.77. The summed E-state index contributed by atoms with van der Waals surface area (Å²) in [6.07, 6.45) is 4.10. The van der Waals surface area contributed by atoms with E-state index in [9.17, 15) is 0 Å². The van der Waals surface area contributed by atoms with Crippen molar-refractivity contribution in [3.8, 4) is 0 Å². The normalized spacial score (nSPS) is 24.7. The van der Waals surface area contributed by atoms with Crippen LogP contribution in [-0.4, -0.2) is 13.2 Å². The average Bonchev–Trinajstić information content (AvgIpc) is 3.16. The Hall–Kier alpha value is -0.650. The quantitative estimate of drug-likeness (QED) is 0.491. The Balaban J connectivity index is 1.87. The molecule has 1 nitrogen and oxygen atoms in total. The number of hydrogen-bond acceptors (Lipinski definition) is 0. The molecule has 1 aromatic carbocycles. The highest BCUT2D eigenvalue weighted by atomic mass is 31.1. The molecule has 1 atom stereocenters. The van der Waals surface area contributed by atoms with E-state index in [2.05, 4.69) is 55.3 Å². The number of benzene rings is 1. The minimum Gasteiger partial charge on any atom is -0.406 e. The first-order valence-electron chi connectivity index (χ1n) is 7.37. The van der Waals surface area contributed by atoms with Crippen molar-refractivity contribution in [2.45, 2.75) is 40.0 Å². The Morgan fingerprint density at radius 2 is 1.58 bits per heavy atom. The highest BCUT2D eigenvalue weighted by Gasteiger charge is 2.55. The molecule has 0 aromatic heterocycles. The minimum atomic E-state index is -0.177. The predicted octanol–water partition coefficient (Wildman–Crippen LogP) is 5.55. The SMILES string of the molecule is CC(C)(C)C1=C(c2ccccc2)P1[O+]1CCCCC1. The lowest BCUT2D eigenvalue weighted by atomic mass is 9.95. The largest absolute Gasteiger partial charge is 0.406 e. The van der Waals surface area contributed by atoms with Crippen LogP contribution in [0.25, 0.3) is 5.31 Å². The summed E-state index contributed by atoms with van der Waals surface area (Å²) in [4.78, 5) is 0. The molecule has 2 heterocycles. The molecule has 0 spiro atoms. The lowest BCUT2D eigenvalue weighted by Gasteiger charge is -2.25. The first kappa shape index (κ1) is 13.3. The molecular weight excluding hydrogens is 251 g/mol. The zero-order chi connectivity index (χ0) is 13.5. The van der Waals surface area contributed by atoms with Gasteiger partial charge in [0.25, 0.3) is 8.15 Å². The fourth-order valence-corrected chi connectivity index (χ4v) is 5.94. The third kappa shape index (κ3) is 2.64. The van der Waals surface area contributed by atoms with Crippen molar-refractivity contribution in [2.75, 3.05) is 13.2 Å². The first-order chi connectivity index (χ1) is 9.09. The molecule has 1 fully saturated rings. The Kier molecular flexibility index (Phi) is 3.53. The molecule has 0 bridgehead atoms. The van der Waals surface area contributed by atoms with Gasteiger partial charge in [0.2, 0.25) is 0 Å². The highest BCUT2D eigenvalue weighted by Crippen LogP contribution is 2.82. The fraction of sp³-hybridized carbons (Fsp3) is 0.529. The number of hydrogen-bond donors (Lipinski definition) is 0. The van der Waals surface area contributed by atoms with Crippen molar-refractivity contribution in [3.63, 3.8) is 0 Å². The van der Waals surface area contributed by atoms with Crippen LogP contribution in [0, 0.1) is 5.41 Å². The summed E-state index contributed by atoms with van der Waals surface area (Å²) in [6, 6.07) is 11.0. The summed E-state index contributed by atoms with van der Waals surface area (Å²) in [6.45, 7) is 9.53. The molecule has 0 amide bonds. The van der Waals surface area contributed by atoms with Crippen LogP contribution >= 0.6 is 8.15 Å². The van der Waals surface area contributed by atoms with Crippen molar-refractivity contribution < 1.29 is 4.15 Å². The second-order valence-electron chi connectivity index (χ2n) is 6.54.